The van der Waals surface area contributed by atoms with Crippen molar-refractivity contribution in [3.05, 3.63) is 23.2 Å². The third kappa shape index (κ3) is 4.35. The van der Waals surface area contributed by atoms with Gasteiger partial charge in [0.1, 0.15) is 0 Å². The topological polar surface area (TPSA) is 58.4 Å². The van der Waals surface area contributed by atoms with Gasteiger partial charge >= 0.3 is 0 Å². The highest BCUT2D eigenvalue weighted by atomic mass is 35.5. The SMILES string of the molecule is CN(C)c1ccc(Cl)cc1NC(=O)CC1(N)CCCCC1. The molecule has 21 heavy (non-hydrogen) atoms. The number of hydrogen-bond acceptors (Lipinski definition) is 3. The fourth-order valence-electron chi connectivity index (χ4n) is 2.95. The van der Waals surface area contributed by atoms with E-state index in [1.54, 1.807) is 6.07 Å². The third-order valence-electron chi connectivity index (χ3n) is 4.08. The van der Waals surface area contributed by atoms with Crippen LogP contribution in [0.25, 0.3) is 0 Å². The number of carbonyl (C=O) groups excluding carboxylic acids is 1. The van der Waals surface area contributed by atoms with E-state index in [0.29, 0.717) is 11.4 Å². The smallest absolute Gasteiger partial charge is 0.226 e. The highest BCUT2D eigenvalue weighted by molar-refractivity contribution is 6.31. The normalized spacial score (nSPS) is 17.3. The molecule has 0 atom stereocenters. The summed E-state index contributed by atoms with van der Waals surface area (Å²) in [6, 6.07) is 5.49. The molecule has 0 bridgehead atoms. The molecule has 5 heteroatoms. The van der Waals surface area contributed by atoms with Crippen molar-refractivity contribution in [3.8, 4) is 0 Å². The van der Waals surface area contributed by atoms with Gasteiger partial charge in [0.2, 0.25) is 5.91 Å². The maximum atomic E-state index is 12.3. The van der Waals surface area contributed by atoms with Crippen LogP contribution in [0.4, 0.5) is 11.4 Å². The minimum Gasteiger partial charge on any atom is -0.376 e. The number of amides is 1. The number of nitrogens with two attached hydrogens (primary N) is 1. The number of carbonyl (C=O) groups is 1. The fraction of sp³-hybridized carbons (Fsp3) is 0.562. The van der Waals surface area contributed by atoms with Crippen molar-refractivity contribution in [1.82, 2.24) is 0 Å². The number of nitrogens with zero attached hydrogens (tertiary/aromatic N) is 1. The van der Waals surface area contributed by atoms with E-state index in [1.807, 2.05) is 31.1 Å². The molecular weight excluding hydrogens is 286 g/mol. The van der Waals surface area contributed by atoms with Crippen LogP contribution in [0.5, 0.6) is 0 Å². The number of anilines is 2. The van der Waals surface area contributed by atoms with Crippen molar-refractivity contribution in [2.75, 3.05) is 24.3 Å². The molecule has 1 aliphatic carbocycles. The average Bonchev–Trinajstić information content (AvgIpc) is 2.38. The summed E-state index contributed by atoms with van der Waals surface area (Å²) in [5.74, 6) is -0.0373. The quantitative estimate of drug-likeness (QED) is 0.896. The standard InChI is InChI=1S/C16H24ClN3O/c1-20(2)14-7-6-12(17)10-13(14)19-15(21)11-16(18)8-4-3-5-9-16/h6-7,10H,3-5,8-9,11,18H2,1-2H3,(H,19,21). The lowest BCUT2D eigenvalue weighted by Crippen LogP contribution is -2.44. The first kappa shape index (κ1) is 16.1. The van der Waals surface area contributed by atoms with Gasteiger partial charge in [0.15, 0.2) is 0 Å². The summed E-state index contributed by atoms with van der Waals surface area (Å²) in [6.07, 6.45) is 5.67. The molecule has 1 aromatic carbocycles. The van der Waals surface area contributed by atoms with Crippen LogP contribution in [0.1, 0.15) is 38.5 Å². The molecule has 3 N–H and O–H groups in total. The van der Waals surface area contributed by atoms with E-state index in [9.17, 15) is 4.79 Å². The van der Waals surface area contributed by atoms with Crippen LogP contribution in [0.15, 0.2) is 18.2 Å². The predicted molar refractivity (Wildman–Crippen MR) is 89.0 cm³/mol. The van der Waals surface area contributed by atoms with Crippen LogP contribution in [-0.4, -0.2) is 25.5 Å². The molecule has 2 rings (SSSR count). The average molecular weight is 310 g/mol. The molecule has 0 heterocycles. The summed E-state index contributed by atoms with van der Waals surface area (Å²) in [4.78, 5) is 14.3. The predicted octanol–water partition coefficient (Wildman–Crippen LogP) is 3.40. The number of hydrogen-bond donors (Lipinski definition) is 2. The maximum Gasteiger partial charge on any atom is 0.226 e. The summed E-state index contributed by atoms with van der Waals surface area (Å²) in [6.45, 7) is 0. The maximum absolute atomic E-state index is 12.3. The molecule has 1 saturated carbocycles. The Labute approximate surface area is 131 Å². The van der Waals surface area contributed by atoms with Crippen LogP contribution < -0.4 is 16.0 Å². The monoisotopic (exact) mass is 309 g/mol. The van der Waals surface area contributed by atoms with E-state index in [0.717, 1.165) is 37.1 Å². The summed E-state index contributed by atoms with van der Waals surface area (Å²) in [5.41, 5.74) is 7.66. The van der Waals surface area contributed by atoms with E-state index < -0.39 is 0 Å². The van der Waals surface area contributed by atoms with E-state index in [4.69, 9.17) is 17.3 Å². The van der Waals surface area contributed by atoms with Gasteiger partial charge in [-0.3, -0.25) is 4.79 Å². The van der Waals surface area contributed by atoms with Gasteiger partial charge in [-0.05, 0) is 31.0 Å². The van der Waals surface area contributed by atoms with E-state index in [1.165, 1.54) is 6.42 Å². The Morgan fingerprint density at radius 2 is 2.00 bits per heavy atom. The lowest BCUT2D eigenvalue weighted by atomic mass is 9.80. The van der Waals surface area contributed by atoms with E-state index in [-0.39, 0.29) is 11.4 Å². The van der Waals surface area contributed by atoms with E-state index in [2.05, 4.69) is 5.32 Å². The van der Waals surface area contributed by atoms with Gasteiger partial charge in [-0.15, -0.1) is 0 Å². The summed E-state index contributed by atoms with van der Waals surface area (Å²) in [7, 11) is 3.87. The first-order chi connectivity index (χ1) is 9.89. The minimum absolute atomic E-state index is 0.0373. The number of benzene rings is 1. The molecule has 0 spiro atoms. The summed E-state index contributed by atoms with van der Waals surface area (Å²) >= 11 is 6.03. The Balaban J connectivity index is 2.07. The fourth-order valence-corrected chi connectivity index (χ4v) is 3.12. The number of nitrogens with one attached hydrogen (secondary N) is 1. The molecule has 0 saturated heterocycles. The Bertz CT molecular complexity index is 510. The zero-order valence-corrected chi connectivity index (χ0v) is 13.5. The minimum atomic E-state index is -0.348. The lowest BCUT2D eigenvalue weighted by Gasteiger charge is -2.32. The van der Waals surface area contributed by atoms with Gasteiger partial charge in [0.25, 0.3) is 0 Å². The van der Waals surface area contributed by atoms with Crippen molar-refractivity contribution >= 4 is 28.9 Å². The van der Waals surface area contributed by atoms with E-state index >= 15 is 0 Å². The van der Waals surface area contributed by atoms with Gasteiger partial charge in [0, 0.05) is 31.1 Å². The van der Waals surface area contributed by atoms with Crippen LogP contribution in [0, 0.1) is 0 Å². The van der Waals surface area contributed by atoms with Gasteiger partial charge in [-0.2, -0.15) is 0 Å². The molecule has 1 amide bonds. The van der Waals surface area contributed by atoms with Gasteiger partial charge in [-0.25, -0.2) is 0 Å². The molecule has 116 valence electrons. The Hall–Kier alpha value is -1.26. The largest absolute Gasteiger partial charge is 0.376 e. The molecule has 0 radical (unpaired) electrons. The van der Waals surface area contributed by atoms with Crippen molar-refractivity contribution in [2.24, 2.45) is 5.73 Å². The van der Waals surface area contributed by atoms with Crippen LogP contribution in [-0.2, 0) is 4.79 Å². The molecule has 0 aliphatic heterocycles. The van der Waals surface area contributed by atoms with Gasteiger partial charge < -0.3 is 16.0 Å². The van der Waals surface area contributed by atoms with Crippen molar-refractivity contribution in [1.29, 1.82) is 0 Å². The molecule has 1 aliphatic rings. The third-order valence-corrected chi connectivity index (χ3v) is 4.31. The molecular formula is C16H24ClN3O. The second-order valence-corrected chi connectivity index (χ2v) is 6.64. The number of halogens is 1. The van der Waals surface area contributed by atoms with Crippen molar-refractivity contribution in [2.45, 2.75) is 44.1 Å². The first-order valence-electron chi connectivity index (χ1n) is 7.45. The Morgan fingerprint density at radius 1 is 1.33 bits per heavy atom. The Kier molecular flexibility index (Phi) is 5.12. The second kappa shape index (κ2) is 6.67. The zero-order valence-electron chi connectivity index (χ0n) is 12.8. The molecule has 1 aromatic rings. The van der Waals surface area contributed by atoms with Crippen LogP contribution in [0.2, 0.25) is 5.02 Å². The highest BCUT2D eigenvalue weighted by Gasteiger charge is 2.30. The Morgan fingerprint density at radius 3 is 2.62 bits per heavy atom. The molecule has 0 unspecified atom stereocenters. The van der Waals surface area contributed by atoms with Crippen molar-refractivity contribution in [3.63, 3.8) is 0 Å². The molecule has 0 aromatic heterocycles. The summed E-state index contributed by atoms with van der Waals surface area (Å²) < 4.78 is 0. The zero-order chi connectivity index (χ0) is 15.5. The second-order valence-electron chi connectivity index (χ2n) is 6.20. The highest BCUT2D eigenvalue weighted by Crippen LogP contribution is 2.31. The molecule has 1 fully saturated rings. The van der Waals surface area contributed by atoms with Gasteiger partial charge in [-0.1, -0.05) is 30.9 Å². The van der Waals surface area contributed by atoms with Crippen LogP contribution >= 0.6 is 11.6 Å². The molecule has 4 nitrogen and oxygen atoms in total. The van der Waals surface area contributed by atoms with Crippen molar-refractivity contribution < 1.29 is 4.79 Å². The first-order valence-corrected chi connectivity index (χ1v) is 7.83. The van der Waals surface area contributed by atoms with Crippen LogP contribution in [0.3, 0.4) is 0 Å². The van der Waals surface area contributed by atoms with Gasteiger partial charge in [0.05, 0.1) is 11.4 Å². The number of rotatable bonds is 4. The summed E-state index contributed by atoms with van der Waals surface area (Å²) in [5, 5.41) is 3.57. The lowest BCUT2D eigenvalue weighted by molar-refractivity contribution is -0.117.